The van der Waals surface area contributed by atoms with Gasteiger partial charge >= 0.3 is 0 Å². The van der Waals surface area contributed by atoms with Crippen molar-refractivity contribution < 1.29 is 4.79 Å². The van der Waals surface area contributed by atoms with E-state index in [1.165, 1.54) is 0 Å². The van der Waals surface area contributed by atoms with E-state index in [4.69, 9.17) is 0 Å². The largest absolute Gasteiger partial charge is 0.358 e. The minimum Gasteiger partial charge on any atom is -0.358 e. The maximum absolute atomic E-state index is 12.8. The van der Waals surface area contributed by atoms with E-state index < -0.39 is 0 Å². The van der Waals surface area contributed by atoms with E-state index in [-0.39, 0.29) is 30.7 Å². The smallest absolute Gasteiger partial charge is 0.242 e. The molecule has 1 aliphatic heterocycles. The van der Waals surface area contributed by atoms with Gasteiger partial charge in [-0.3, -0.25) is 9.78 Å². The van der Waals surface area contributed by atoms with Crippen molar-refractivity contribution in [3.8, 4) is 0 Å². The van der Waals surface area contributed by atoms with Crippen LogP contribution in [0.25, 0.3) is 0 Å². The van der Waals surface area contributed by atoms with Crippen LogP contribution in [0.1, 0.15) is 12.0 Å². The predicted octanol–water partition coefficient (Wildman–Crippen LogP) is 2.75. The molecule has 2 heterocycles. The number of aromatic nitrogens is 1. The van der Waals surface area contributed by atoms with Crippen molar-refractivity contribution in [2.75, 3.05) is 37.6 Å². The average Bonchev–Trinajstić information content (AvgIpc) is 2.92. The van der Waals surface area contributed by atoms with E-state index in [0.29, 0.717) is 13.1 Å². The van der Waals surface area contributed by atoms with Gasteiger partial charge in [-0.15, -0.1) is 24.8 Å². The highest BCUT2D eigenvalue weighted by Gasteiger charge is 2.19. The molecule has 2 aromatic rings. The second-order valence-corrected chi connectivity index (χ2v) is 6.04. The number of halogens is 2. The number of para-hydroxylation sites is 1. The summed E-state index contributed by atoms with van der Waals surface area (Å²) in [5.74, 6) is 0.187. The topological polar surface area (TPSA) is 48.5 Å². The maximum atomic E-state index is 12.8. The van der Waals surface area contributed by atoms with Gasteiger partial charge in [-0.1, -0.05) is 24.3 Å². The summed E-state index contributed by atoms with van der Waals surface area (Å²) >= 11 is 0. The highest BCUT2D eigenvalue weighted by Crippen LogP contribution is 2.17. The summed E-state index contributed by atoms with van der Waals surface area (Å²) in [6.45, 7) is 4.55. The van der Waals surface area contributed by atoms with Crippen LogP contribution >= 0.6 is 24.8 Å². The summed E-state index contributed by atoms with van der Waals surface area (Å²) in [6, 6.07) is 14.1. The van der Waals surface area contributed by atoms with Gasteiger partial charge < -0.3 is 15.1 Å². The number of amides is 1. The van der Waals surface area contributed by atoms with Crippen LogP contribution in [0.2, 0.25) is 0 Å². The van der Waals surface area contributed by atoms with Crippen LogP contribution < -0.4 is 10.2 Å². The van der Waals surface area contributed by atoms with E-state index in [1.54, 1.807) is 6.20 Å². The summed E-state index contributed by atoms with van der Waals surface area (Å²) in [7, 11) is 0. The second-order valence-electron chi connectivity index (χ2n) is 6.04. The molecule has 5 nitrogen and oxygen atoms in total. The van der Waals surface area contributed by atoms with Crippen LogP contribution in [-0.4, -0.2) is 48.5 Å². The number of nitrogens with zero attached hydrogens (tertiary/aromatic N) is 3. The van der Waals surface area contributed by atoms with Crippen molar-refractivity contribution in [3.05, 3.63) is 60.4 Å². The Balaban J connectivity index is 0.00000169. The molecule has 0 spiro atoms. The molecule has 142 valence electrons. The van der Waals surface area contributed by atoms with E-state index in [0.717, 1.165) is 43.9 Å². The van der Waals surface area contributed by atoms with Crippen LogP contribution in [0.3, 0.4) is 0 Å². The molecular formula is C19H26Cl2N4O. The van der Waals surface area contributed by atoms with Gasteiger partial charge in [0.2, 0.25) is 5.91 Å². The first kappa shape index (κ1) is 22.2. The minimum atomic E-state index is 0. The molecular weight excluding hydrogens is 371 g/mol. The number of nitrogens with one attached hydrogen (secondary N) is 1. The van der Waals surface area contributed by atoms with Gasteiger partial charge in [-0.25, -0.2) is 0 Å². The minimum absolute atomic E-state index is 0. The fourth-order valence-corrected chi connectivity index (χ4v) is 2.95. The van der Waals surface area contributed by atoms with Gasteiger partial charge in [0.05, 0.1) is 6.54 Å². The first-order chi connectivity index (χ1) is 11.8. The van der Waals surface area contributed by atoms with Crippen LogP contribution in [-0.2, 0) is 11.3 Å². The number of carbonyl (C=O) groups is 1. The Morgan fingerprint density at radius 2 is 1.88 bits per heavy atom. The number of hydrogen-bond acceptors (Lipinski definition) is 4. The van der Waals surface area contributed by atoms with E-state index in [1.807, 2.05) is 53.6 Å². The van der Waals surface area contributed by atoms with E-state index in [2.05, 4.69) is 15.2 Å². The fraction of sp³-hybridized carbons (Fsp3) is 0.368. The number of pyridine rings is 1. The van der Waals surface area contributed by atoms with Crippen molar-refractivity contribution >= 4 is 36.4 Å². The quantitative estimate of drug-likeness (QED) is 0.843. The van der Waals surface area contributed by atoms with Crippen molar-refractivity contribution in [3.63, 3.8) is 0 Å². The summed E-state index contributed by atoms with van der Waals surface area (Å²) in [4.78, 5) is 21.0. The molecule has 1 fully saturated rings. The molecule has 1 saturated heterocycles. The summed E-state index contributed by atoms with van der Waals surface area (Å²) < 4.78 is 0. The SMILES string of the molecule is Cl.Cl.O=C(CN(Cc1cccnc1)c1ccccc1)N1CCCNCC1. The average molecular weight is 397 g/mol. The number of rotatable bonds is 5. The Morgan fingerprint density at radius 1 is 1.08 bits per heavy atom. The molecule has 1 aromatic heterocycles. The standard InChI is InChI=1S/C19H24N4O.2ClH/c24-19(22-12-5-10-20-11-13-22)16-23(18-7-2-1-3-8-18)15-17-6-4-9-21-14-17;;/h1-4,6-9,14,20H,5,10-13,15-16H2;2*1H. The van der Waals surface area contributed by atoms with Crippen LogP contribution in [0, 0.1) is 0 Å². The molecule has 0 atom stereocenters. The van der Waals surface area contributed by atoms with Gasteiger partial charge in [-0.2, -0.15) is 0 Å². The highest BCUT2D eigenvalue weighted by atomic mass is 35.5. The molecule has 0 saturated carbocycles. The Morgan fingerprint density at radius 3 is 2.62 bits per heavy atom. The molecule has 0 bridgehead atoms. The number of carbonyl (C=O) groups excluding carboxylic acids is 1. The van der Waals surface area contributed by atoms with Gasteiger partial charge in [0, 0.05) is 44.3 Å². The molecule has 1 aliphatic rings. The third kappa shape index (κ3) is 6.48. The molecule has 1 aromatic carbocycles. The zero-order valence-corrected chi connectivity index (χ0v) is 16.3. The van der Waals surface area contributed by atoms with Crippen molar-refractivity contribution in [1.29, 1.82) is 0 Å². The van der Waals surface area contributed by atoms with Gasteiger partial charge in [0.15, 0.2) is 0 Å². The van der Waals surface area contributed by atoms with Gasteiger partial charge in [-0.05, 0) is 36.7 Å². The second kappa shape index (κ2) is 11.7. The molecule has 0 radical (unpaired) electrons. The van der Waals surface area contributed by atoms with Gasteiger partial charge in [0.25, 0.3) is 0 Å². The summed E-state index contributed by atoms with van der Waals surface area (Å²) in [5, 5.41) is 3.34. The molecule has 7 heteroatoms. The van der Waals surface area contributed by atoms with Crippen LogP contribution in [0.4, 0.5) is 5.69 Å². The Hall–Kier alpha value is -1.82. The number of hydrogen-bond donors (Lipinski definition) is 1. The first-order valence-electron chi connectivity index (χ1n) is 8.50. The highest BCUT2D eigenvalue weighted by molar-refractivity contribution is 5.85. The third-order valence-electron chi connectivity index (χ3n) is 4.24. The fourth-order valence-electron chi connectivity index (χ4n) is 2.95. The molecule has 3 rings (SSSR count). The first-order valence-corrected chi connectivity index (χ1v) is 8.50. The Bertz CT molecular complexity index is 635. The zero-order chi connectivity index (χ0) is 16.6. The lowest BCUT2D eigenvalue weighted by atomic mass is 10.2. The van der Waals surface area contributed by atoms with Gasteiger partial charge in [0.1, 0.15) is 0 Å². The summed E-state index contributed by atoms with van der Waals surface area (Å²) in [6.07, 6.45) is 4.64. The number of benzene rings is 1. The maximum Gasteiger partial charge on any atom is 0.242 e. The monoisotopic (exact) mass is 396 g/mol. The molecule has 26 heavy (non-hydrogen) atoms. The van der Waals surface area contributed by atoms with Crippen molar-refractivity contribution in [1.82, 2.24) is 15.2 Å². The lowest BCUT2D eigenvalue weighted by molar-refractivity contribution is -0.129. The Labute approximate surface area is 167 Å². The third-order valence-corrected chi connectivity index (χ3v) is 4.24. The predicted molar refractivity (Wildman–Crippen MR) is 110 cm³/mol. The summed E-state index contributed by atoms with van der Waals surface area (Å²) in [5.41, 5.74) is 2.16. The van der Waals surface area contributed by atoms with Crippen LogP contribution in [0.5, 0.6) is 0 Å². The molecule has 1 N–H and O–H groups in total. The van der Waals surface area contributed by atoms with E-state index >= 15 is 0 Å². The lowest BCUT2D eigenvalue weighted by Crippen LogP contribution is -2.41. The normalized spacial score (nSPS) is 13.8. The lowest BCUT2D eigenvalue weighted by Gasteiger charge is -2.28. The Kier molecular flexibility index (Phi) is 10.0. The van der Waals surface area contributed by atoms with Crippen LogP contribution in [0.15, 0.2) is 54.9 Å². The number of anilines is 1. The molecule has 1 amide bonds. The molecule has 0 aliphatic carbocycles. The van der Waals surface area contributed by atoms with E-state index in [9.17, 15) is 4.79 Å². The van der Waals surface area contributed by atoms with Crippen molar-refractivity contribution in [2.24, 2.45) is 0 Å². The van der Waals surface area contributed by atoms with Crippen molar-refractivity contribution in [2.45, 2.75) is 13.0 Å². The zero-order valence-electron chi connectivity index (χ0n) is 14.7. The molecule has 0 unspecified atom stereocenters.